The summed E-state index contributed by atoms with van der Waals surface area (Å²) in [6, 6.07) is 0. The van der Waals surface area contributed by atoms with Crippen molar-refractivity contribution in [3.63, 3.8) is 0 Å². The first-order valence-corrected chi connectivity index (χ1v) is 10.4. The van der Waals surface area contributed by atoms with Gasteiger partial charge >= 0.3 is 29.4 Å². The molecule has 1 aliphatic heterocycles. The van der Waals surface area contributed by atoms with Crippen LogP contribution in [0.5, 0.6) is 0 Å². The maximum absolute atomic E-state index is 12.8. The van der Waals surface area contributed by atoms with E-state index in [2.05, 4.69) is 31.7 Å². The van der Waals surface area contributed by atoms with E-state index in [0.29, 0.717) is 38.7 Å². The molecule has 35 heavy (non-hydrogen) atoms. The number of hydrogen-bond donors (Lipinski definition) is 1. The Morgan fingerprint density at radius 1 is 1.20 bits per heavy atom. The Kier molecular flexibility index (Phi) is 9.06. The molecule has 15 heteroatoms. The number of esters is 1. The Hall–Kier alpha value is -3.80. The van der Waals surface area contributed by atoms with E-state index >= 15 is 0 Å². The minimum Gasteiger partial charge on any atom is -0.466 e. The van der Waals surface area contributed by atoms with Crippen molar-refractivity contribution in [3.8, 4) is 11.8 Å². The van der Waals surface area contributed by atoms with Crippen LogP contribution in [0, 0.1) is 11.8 Å². The highest BCUT2D eigenvalue weighted by Gasteiger charge is 2.43. The van der Waals surface area contributed by atoms with Gasteiger partial charge in [-0.15, -0.1) is 5.92 Å². The number of anilines is 1. The van der Waals surface area contributed by atoms with Gasteiger partial charge in [0.15, 0.2) is 11.2 Å². The lowest BCUT2D eigenvalue weighted by Crippen LogP contribution is -2.48. The molecule has 192 valence electrons. The fourth-order valence-corrected chi connectivity index (χ4v) is 3.12. The molecule has 1 fully saturated rings. The van der Waals surface area contributed by atoms with E-state index in [-0.39, 0.29) is 28.4 Å². The number of ether oxygens (including phenoxy) is 1. The van der Waals surface area contributed by atoms with E-state index in [0.717, 1.165) is 4.57 Å². The molecule has 0 spiro atoms. The van der Waals surface area contributed by atoms with Crippen LogP contribution in [0.2, 0.25) is 0 Å². The lowest BCUT2D eigenvalue weighted by molar-refractivity contribution is -0.200. The van der Waals surface area contributed by atoms with E-state index in [1.54, 1.807) is 13.8 Å². The van der Waals surface area contributed by atoms with Crippen LogP contribution in [-0.4, -0.2) is 69.7 Å². The summed E-state index contributed by atoms with van der Waals surface area (Å²) in [5.41, 5.74) is -2.74. The average Bonchev–Trinajstić information content (AvgIpc) is 3.19. The molecule has 12 nitrogen and oxygen atoms in total. The number of fused-ring (bicyclic) bond motifs is 1. The Balaban J connectivity index is 0.000000641. The molecule has 0 bridgehead atoms. The van der Waals surface area contributed by atoms with E-state index in [9.17, 15) is 32.3 Å². The zero-order valence-electron chi connectivity index (χ0n) is 19.6. The maximum Gasteiger partial charge on any atom is 0.493 e. The SMILES string of the molecule is CC#CCn1c(N2CCNCC2)nc2c1c(=O)n(OC(=O)C(F)(F)F)c(=O)n2C.CCOC(C)=O. The quantitative estimate of drug-likeness (QED) is 0.431. The van der Waals surface area contributed by atoms with Gasteiger partial charge in [-0.25, -0.2) is 9.59 Å². The molecule has 1 N–H and O–H groups in total. The third-order valence-electron chi connectivity index (χ3n) is 4.66. The first-order valence-electron chi connectivity index (χ1n) is 10.4. The minimum atomic E-state index is -5.38. The number of piperazine rings is 1. The summed E-state index contributed by atoms with van der Waals surface area (Å²) in [7, 11) is 1.21. The second kappa shape index (κ2) is 11.6. The zero-order valence-corrected chi connectivity index (χ0v) is 19.6. The molecule has 3 heterocycles. The highest BCUT2D eigenvalue weighted by Crippen LogP contribution is 2.20. The number of nitrogens with one attached hydrogen (secondary N) is 1. The summed E-state index contributed by atoms with van der Waals surface area (Å²) in [6.45, 7) is 7.70. The largest absolute Gasteiger partial charge is 0.493 e. The van der Waals surface area contributed by atoms with E-state index in [1.165, 1.54) is 18.5 Å². The third-order valence-corrected chi connectivity index (χ3v) is 4.66. The van der Waals surface area contributed by atoms with Gasteiger partial charge in [-0.3, -0.25) is 18.7 Å². The van der Waals surface area contributed by atoms with Crippen molar-refractivity contribution in [2.24, 2.45) is 7.05 Å². The highest BCUT2D eigenvalue weighted by atomic mass is 19.4. The number of rotatable bonds is 4. The molecular formula is C20H25F3N6O6. The number of imidazole rings is 1. The zero-order chi connectivity index (χ0) is 26.3. The topological polar surface area (TPSA) is 130 Å². The van der Waals surface area contributed by atoms with Crippen LogP contribution in [0.1, 0.15) is 20.8 Å². The molecule has 0 amide bonds. The van der Waals surface area contributed by atoms with Crippen molar-refractivity contribution in [3.05, 3.63) is 20.8 Å². The van der Waals surface area contributed by atoms with E-state index < -0.39 is 23.4 Å². The number of hydrogen-bond acceptors (Lipinski definition) is 9. The van der Waals surface area contributed by atoms with Gasteiger partial charge in [0.25, 0.3) is 0 Å². The predicted octanol–water partition coefficient (Wildman–Crippen LogP) is -0.583. The van der Waals surface area contributed by atoms with Gasteiger partial charge in [0.05, 0.1) is 13.2 Å². The van der Waals surface area contributed by atoms with Crippen LogP contribution >= 0.6 is 0 Å². The summed E-state index contributed by atoms with van der Waals surface area (Å²) in [4.78, 5) is 56.4. The summed E-state index contributed by atoms with van der Waals surface area (Å²) in [5.74, 6) is 2.90. The van der Waals surface area contributed by atoms with Gasteiger partial charge in [-0.1, -0.05) is 10.7 Å². The highest BCUT2D eigenvalue weighted by molar-refractivity contribution is 5.77. The second-order valence-electron chi connectivity index (χ2n) is 7.08. The fourth-order valence-electron chi connectivity index (χ4n) is 3.12. The van der Waals surface area contributed by atoms with Crippen LogP contribution in [0.3, 0.4) is 0 Å². The van der Waals surface area contributed by atoms with Crippen LogP contribution in [0.4, 0.5) is 19.1 Å². The van der Waals surface area contributed by atoms with Gasteiger partial charge in [-0.05, 0) is 13.8 Å². The standard InChI is InChI=1S/C16H17F3N6O4.C4H8O2/c1-3-4-7-24-10-11(21-14(24)23-8-5-20-6-9-23)22(2)15(28)25(12(10)26)29-13(27)16(17,18)19;1-3-6-4(2)5/h20H,5-9H2,1-2H3;3H2,1-2H3. The van der Waals surface area contributed by atoms with Crippen LogP contribution in [0.25, 0.3) is 11.2 Å². The minimum absolute atomic E-state index is 0.00687. The number of halogens is 3. The van der Waals surface area contributed by atoms with Crippen molar-refractivity contribution in [1.29, 1.82) is 0 Å². The van der Waals surface area contributed by atoms with E-state index in [4.69, 9.17) is 0 Å². The normalized spacial score (nSPS) is 13.4. The molecule has 0 aromatic carbocycles. The lowest BCUT2D eigenvalue weighted by Gasteiger charge is -2.28. The number of aryl methyl sites for hydroxylation is 1. The number of nitrogens with zero attached hydrogens (tertiary/aromatic N) is 5. The molecule has 0 aliphatic carbocycles. The lowest BCUT2D eigenvalue weighted by atomic mass is 10.4. The molecule has 3 rings (SSSR count). The first-order chi connectivity index (χ1) is 16.4. The molecule has 0 saturated carbocycles. The molecule has 1 saturated heterocycles. The summed E-state index contributed by atoms with van der Waals surface area (Å²) < 4.78 is 44.1. The van der Waals surface area contributed by atoms with Gasteiger partial charge in [0, 0.05) is 40.2 Å². The smallest absolute Gasteiger partial charge is 0.466 e. The molecule has 2 aromatic rings. The molecule has 1 aliphatic rings. The van der Waals surface area contributed by atoms with Crippen molar-refractivity contribution in [2.45, 2.75) is 33.5 Å². The van der Waals surface area contributed by atoms with Crippen molar-refractivity contribution >= 4 is 29.1 Å². The monoisotopic (exact) mass is 502 g/mol. The second-order valence-corrected chi connectivity index (χ2v) is 7.08. The Morgan fingerprint density at radius 3 is 2.31 bits per heavy atom. The van der Waals surface area contributed by atoms with Crippen LogP contribution < -0.4 is 26.3 Å². The van der Waals surface area contributed by atoms with Gasteiger partial charge in [-0.2, -0.15) is 18.2 Å². The molecule has 0 unspecified atom stereocenters. The molecule has 2 aromatic heterocycles. The number of carbonyl (C=O) groups is 2. The number of aromatic nitrogens is 4. The summed E-state index contributed by atoms with van der Waals surface area (Å²) >= 11 is 0. The maximum atomic E-state index is 12.8. The van der Waals surface area contributed by atoms with Crippen LogP contribution in [-0.2, 0) is 27.9 Å². The van der Waals surface area contributed by atoms with E-state index in [1.807, 2.05) is 4.90 Å². The Labute approximate surface area is 197 Å². The third kappa shape index (κ3) is 6.41. The van der Waals surface area contributed by atoms with Crippen molar-refractivity contribution in [2.75, 3.05) is 37.7 Å². The summed E-state index contributed by atoms with van der Waals surface area (Å²) in [6.07, 6.45) is -5.38. The molecule has 0 atom stereocenters. The Bertz CT molecular complexity index is 1260. The molecular weight excluding hydrogens is 477 g/mol. The van der Waals surface area contributed by atoms with Gasteiger partial charge < -0.3 is 19.8 Å². The van der Waals surface area contributed by atoms with Crippen LogP contribution in [0.15, 0.2) is 9.59 Å². The number of alkyl halides is 3. The fraction of sp³-hybridized carbons (Fsp3) is 0.550. The Morgan fingerprint density at radius 2 is 1.83 bits per heavy atom. The average molecular weight is 502 g/mol. The van der Waals surface area contributed by atoms with Crippen molar-refractivity contribution < 1.29 is 32.3 Å². The first kappa shape index (κ1) is 27.4. The predicted molar refractivity (Wildman–Crippen MR) is 118 cm³/mol. The van der Waals surface area contributed by atoms with Gasteiger partial charge in [0.2, 0.25) is 5.95 Å². The van der Waals surface area contributed by atoms with Gasteiger partial charge in [0.1, 0.15) is 0 Å². The van der Waals surface area contributed by atoms with Crippen molar-refractivity contribution in [1.82, 2.24) is 24.2 Å². The summed E-state index contributed by atoms with van der Waals surface area (Å²) in [5, 5.41) is 3.17. The molecule has 0 radical (unpaired) electrons. The number of carbonyl (C=O) groups excluding carboxylic acids is 2.